The fourth-order valence-corrected chi connectivity index (χ4v) is 4.95. The molecule has 1 N–H and O–H groups in total. The summed E-state index contributed by atoms with van der Waals surface area (Å²) >= 11 is 6.61. The Morgan fingerprint density at radius 3 is 2.56 bits per heavy atom. The van der Waals surface area contributed by atoms with Crippen molar-refractivity contribution in [3.05, 3.63) is 68.6 Å². The maximum Gasteiger partial charge on any atom is 0.251 e. The summed E-state index contributed by atoms with van der Waals surface area (Å²) in [5, 5.41) is 0.547. The number of H-pyrrole nitrogens is 1. The summed E-state index contributed by atoms with van der Waals surface area (Å²) in [6, 6.07) is 9.73. The third kappa shape index (κ3) is 6.19. The summed E-state index contributed by atoms with van der Waals surface area (Å²) in [4.78, 5) is 30.0. The molecular weight excluding hydrogens is 448 g/mol. The highest BCUT2D eigenvalue weighted by atomic mass is 35.5. The summed E-state index contributed by atoms with van der Waals surface area (Å²) in [5.41, 5.74) is 3.43. The van der Waals surface area contributed by atoms with Crippen molar-refractivity contribution in [3.63, 3.8) is 0 Å². The number of hydrogen-bond acceptors (Lipinski definition) is 4. The maximum atomic E-state index is 12.7. The number of ether oxygens (including phenoxy) is 1. The zero-order valence-corrected chi connectivity index (χ0v) is 21.0. The normalized spacial score (nSPS) is 18.6. The molecule has 6 heteroatoms. The Morgan fingerprint density at radius 2 is 1.94 bits per heavy atom. The van der Waals surface area contributed by atoms with Crippen LogP contribution in [-0.2, 0) is 4.79 Å². The highest BCUT2D eigenvalue weighted by Crippen LogP contribution is 2.39. The SMILES string of the molecule is CCN(CC)CCCOc1ccc(/C(=C/[C@H]2CCC(=O)C2)c2ccc(C3CC3)c(=O)[nH]2)cc1Cl. The van der Waals surface area contributed by atoms with Crippen molar-refractivity contribution in [2.45, 2.75) is 58.3 Å². The molecule has 2 aromatic rings. The van der Waals surface area contributed by atoms with E-state index in [-0.39, 0.29) is 11.5 Å². The van der Waals surface area contributed by atoms with Gasteiger partial charge in [-0.3, -0.25) is 9.59 Å². The van der Waals surface area contributed by atoms with Gasteiger partial charge in [-0.1, -0.05) is 43.7 Å². The molecule has 1 atom stereocenters. The third-order valence-corrected chi connectivity index (χ3v) is 7.24. The first kappa shape index (κ1) is 24.7. The van der Waals surface area contributed by atoms with Crippen molar-refractivity contribution in [1.29, 1.82) is 0 Å². The Bertz CT molecular complexity index is 1100. The summed E-state index contributed by atoms with van der Waals surface area (Å²) in [7, 11) is 0. The van der Waals surface area contributed by atoms with Gasteiger partial charge in [0.2, 0.25) is 0 Å². The Morgan fingerprint density at radius 1 is 1.15 bits per heavy atom. The van der Waals surface area contributed by atoms with E-state index in [0.29, 0.717) is 41.9 Å². The predicted molar refractivity (Wildman–Crippen MR) is 138 cm³/mol. The van der Waals surface area contributed by atoms with E-state index >= 15 is 0 Å². The number of allylic oxidation sites excluding steroid dienone is 1. The molecule has 182 valence electrons. The van der Waals surface area contributed by atoms with E-state index in [4.69, 9.17) is 16.3 Å². The zero-order valence-electron chi connectivity index (χ0n) is 20.2. The molecule has 0 unspecified atom stereocenters. The Kier molecular flexibility index (Phi) is 8.28. The maximum absolute atomic E-state index is 12.7. The van der Waals surface area contributed by atoms with E-state index in [9.17, 15) is 9.59 Å². The van der Waals surface area contributed by atoms with Crippen LogP contribution >= 0.6 is 11.6 Å². The fraction of sp³-hybridized carbons (Fsp3) is 0.500. The molecule has 34 heavy (non-hydrogen) atoms. The summed E-state index contributed by atoms with van der Waals surface area (Å²) in [6.07, 6.45) is 7.25. The number of nitrogens with zero attached hydrogens (tertiary/aromatic N) is 1. The fourth-order valence-electron chi connectivity index (χ4n) is 4.72. The number of nitrogens with one attached hydrogen (secondary N) is 1. The zero-order chi connectivity index (χ0) is 24.1. The lowest BCUT2D eigenvalue weighted by Gasteiger charge is -2.18. The van der Waals surface area contributed by atoms with Gasteiger partial charge in [-0.25, -0.2) is 0 Å². The van der Waals surface area contributed by atoms with E-state index in [1.54, 1.807) is 0 Å². The second-order valence-corrected chi connectivity index (χ2v) is 9.83. The first-order valence-corrected chi connectivity index (χ1v) is 13.0. The van der Waals surface area contributed by atoms with Crippen molar-refractivity contribution in [2.24, 2.45) is 5.92 Å². The van der Waals surface area contributed by atoms with E-state index < -0.39 is 0 Å². The van der Waals surface area contributed by atoms with Gasteiger partial charge < -0.3 is 14.6 Å². The molecule has 0 bridgehead atoms. The number of carbonyl (C=O) groups excluding carboxylic acids is 1. The van der Waals surface area contributed by atoms with Crippen LogP contribution in [0.1, 0.15) is 75.1 Å². The minimum absolute atomic E-state index is 0.0207. The molecule has 0 saturated heterocycles. The van der Waals surface area contributed by atoms with Gasteiger partial charge in [-0.15, -0.1) is 0 Å². The Labute approximate surface area is 207 Å². The first-order chi connectivity index (χ1) is 16.5. The van der Waals surface area contributed by atoms with Crippen LogP contribution in [0.25, 0.3) is 5.57 Å². The molecule has 2 fully saturated rings. The number of hydrogen-bond donors (Lipinski definition) is 1. The van der Waals surface area contributed by atoms with Gasteiger partial charge in [-0.2, -0.15) is 0 Å². The number of pyridine rings is 1. The molecule has 1 aromatic carbocycles. The molecule has 5 nitrogen and oxygen atoms in total. The third-order valence-electron chi connectivity index (χ3n) is 6.95. The van der Waals surface area contributed by atoms with Gasteiger partial charge in [-0.05, 0) is 74.4 Å². The molecule has 0 aliphatic heterocycles. The summed E-state index contributed by atoms with van der Waals surface area (Å²) in [6.45, 7) is 8.02. The lowest BCUT2D eigenvalue weighted by molar-refractivity contribution is -0.117. The number of ketones is 1. The average molecular weight is 483 g/mol. The largest absolute Gasteiger partial charge is 0.492 e. The summed E-state index contributed by atoms with van der Waals surface area (Å²) in [5.74, 6) is 1.52. The second-order valence-electron chi connectivity index (χ2n) is 9.43. The van der Waals surface area contributed by atoms with Crippen LogP contribution < -0.4 is 10.3 Å². The van der Waals surface area contributed by atoms with E-state index in [2.05, 4.69) is 29.8 Å². The number of benzene rings is 1. The molecule has 1 aromatic heterocycles. The smallest absolute Gasteiger partial charge is 0.251 e. The van der Waals surface area contributed by atoms with Crippen LogP contribution in [0.4, 0.5) is 0 Å². The van der Waals surface area contributed by atoms with Crippen molar-refractivity contribution < 1.29 is 9.53 Å². The highest BCUT2D eigenvalue weighted by Gasteiger charge is 2.27. The van der Waals surface area contributed by atoms with E-state index in [1.807, 2.05) is 30.3 Å². The molecular formula is C28H35ClN2O3. The highest BCUT2D eigenvalue weighted by molar-refractivity contribution is 6.32. The van der Waals surface area contributed by atoms with Gasteiger partial charge in [0, 0.05) is 36.2 Å². The van der Waals surface area contributed by atoms with Crippen LogP contribution in [0.5, 0.6) is 5.75 Å². The summed E-state index contributed by atoms with van der Waals surface area (Å²) < 4.78 is 5.95. The van der Waals surface area contributed by atoms with Gasteiger partial charge in [0.05, 0.1) is 11.6 Å². The minimum Gasteiger partial charge on any atom is -0.492 e. The lowest BCUT2D eigenvalue weighted by atomic mass is 9.95. The minimum atomic E-state index is -0.0207. The standard InChI is InChI=1S/C28H35ClN2O3/c1-3-31(4-2)14-5-15-34-27-13-9-21(18-25(27)29)24(17-19-6-10-22(32)16-19)26-12-11-23(20-7-8-20)28(33)30-26/h9,11-13,17-20H,3-8,10,14-16H2,1-2H3,(H,30,33)/b24-17-/t19-/m0/s1. The molecule has 1 heterocycles. The molecule has 2 aliphatic carbocycles. The Hall–Kier alpha value is -2.37. The van der Waals surface area contributed by atoms with Crippen molar-refractivity contribution in [3.8, 4) is 5.75 Å². The van der Waals surface area contributed by atoms with Crippen LogP contribution in [-0.4, -0.2) is 41.9 Å². The topological polar surface area (TPSA) is 62.4 Å². The van der Waals surface area contributed by atoms with Crippen molar-refractivity contribution in [1.82, 2.24) is 9.88 Å². The molecule has 0 spiro atoms. The number of aromatic nitrogens is 1. The molecule has 2 aliphatic rings. The monoisotopic (exact) mass is 482 g/mol. The number of rotatable bonds is 11. The number of carbonyl (C=O) groups is 1. The van der Waals surface area contributed by atoms with Crippen LogP contribution in [0.2, 0.25) is 5.02 Å². The average Bonchev–Trinajstić information content (AvgIpc) is 3.59. The van der Waals surface area contributed by atoms with E-state index in [1.165, 1.54) is 0 Å². The molecule has 0 amide bonds. The second kappa shape index (κ2) is 11.4. The van der Waals surface area contributed by atoms with Crippen LogP contribution in [0.3, 0.4) is 0 Å². The molecule has 0 radical (unpaired) electrons. The quantitative estimate of drug-likeness (QED) is 0.410. The van der Waals surface area contributed by atoms with Gasteiger partial charge in [0.1, 0.15) is 11.5 Å². The number of Topliss-reactive ketones (excluding diaryl/α,β-unsaturated/α-hetero) is 1. The number of aromatic amines is 1. The lowest BCUT2D eigenvalue weighted by Crippen LogP contribution is -2.25. The van der Waals surface area contributed by atoms with Gasteiger partial charge >= 0.3 is 0 Å². The molecule has 4 rings (SSSR count). The van der Waals surface area contributed by atoms with Gasteiger partial charge in [0.25, 0.3) is 5.56 Å². The first-order valence-electron chi connectivity index (χ1n) is 12.6. The predicted octanol–water partition coefficient (Wildman–Crippen LogP) is 5.82. The van der Waals surface area contributed by atoms with E-state index in [0.717, 1.165) is 67.7 Å². The number of halogens is 1. The van der Waals surface area contributed by atoms with Gasteiger partial charge in [0.15, 0.2) is 0 Å². The van der Waals surface area contributed by atoms with Crippen LogP contribution in [0, 0.1) is 5.92 Å². The van der Waals surface area contributed by atoms with Crippen molar-refractivity contribution in [2.75, 3.05) is 26.2 Å². The van der Waals surface area contributed by atoms with Crippen LogP contribution in [0.15, 0.2) is 41.2 Å². The Balaban J connectivity index is 1.55. The van der Waals surface area contributed by atoms with Crippen molar-refractivity contribution >= 4 is 23.0 Å². The molecule has 2 saturated carbocycles.